The predicted octanol–water partition coefficient (Wildman–Crippen LogP) is 0.835. The Morgan fingerprint density at radius 1 is 1.15 bits per heavy atom. The van der Waals surface area contributed by atoms with E-state index in [9.17, 15) is 15.3 Å². The van der Waals surface area contributed by atoms with Crippen LogP contribution in [0.25, 0.3) is 11.2 Å². The first kappa shape index (κ1) is 17.1. The molecule has 0 spiro atoms. The smallest absolute Gasteiger partial charge is 0.230 e. The molecule has 0 aliphatic carbocycles. The summed E-state index contributed by atoms with van der Waals surface area (Å²) in [5.74, 6) is 0.252. The normalized spacial score (nSPS) is 25.7. The topological polar surface area (TPSA) is 126 Å². The molecule has 1 aliphatic heterocycles. The maximum Gasteiger partial charge on any atom is 0.230 e. The maximum absolute atomic E-state index is 10.2. The van der Waals surface area contributed by atoms with Crippen molar-refractivity contribution in [3.63, 3.8) is 0 Å². The molecular formula is C16H16ClN5O4. The highest BCUT2D eigenvalue weighted by Gasteiger charge is 2.44. The number of halogens is 1. The van der Waals surface area contributed by atoms with E-state index in [-0.39, 0.29) is 11.1 Å². The molecule has 1 fully saturated rings. The van der Waals surface area contributed by atoms with Crippen LogP contribution in [-0.2, 0) is 4.74 Å². The zero-order valence-electron chi connectivity index (χ0n) is 13.4. The molecular weight excluding hydrogens is 362 g/mol. The first-order valence-electron chi connectivity index (χ1n) is 7.93. The summed E-state index contributed by atoms with van der Waals surface area (Å²) >= 11 is 6.21. The molecule has 10 heteroatoms. The third kappa shape index (κ3) is 2.89. The van der Waals surface area contributed by atoms with E-state index >= 15 is 0 Å². The van der Waals surface area contributed by atoms with Crippen LogP contribution >= 0.6 is 11.6 Å². The molecule has 0 bridgehead atoms. The zero-order valence-corrected chi connectivity index (χ0v) is 14.2. The van der Waals surface area contributed by atoms with Crippen molar-refractivity contribution < 1.29 is 20.1 Å². The van der Waals surface area contributed by atoms with Crippen molar-refractivity contribution in [1.29, 1.82) is 0 Å². The van der Waals surface area contributed by atoms with Gasteiger partial charge < -0.3 is 25.4 Å². The Morgan fingerprint density at radius 3 is 2.62 bits per heavy atom. The molecule has 3 aromatic rings. The van der Waals surface area contributed by atoms with Crippen molar-refractivity contribution in [3.05, 3.63) is 41.8 Å². The number of nitrogens with one attached hydrogen (secondary N) is 1. The number of rotatable bonds is 4. The molecule has 1 aliphatic rings. The molecule has 0 amide bonds. The molecule has 1 saturated heterocycles. The van der Waals surface area contributed by atoms with Crippen LogP contribution in [0.1, 0.15) is 6.23 Å². The van der Waals surface area contributed by atoms with Gasteiger partial charge in [0.15, 0.2) is 17.0 Å². The van der Waals surface area contributed by atoms with Gasteiger partial charge in [0.2, 0.25) is 5.95 Å². The van der Waals surface area contributed by atoms with Gasteiger partial charge in [-0.3, -0.25) is 4.57 Å². The van der Waals surface area contributed by atoms with Crippen molar-refractivity contribution in [2.45, 2.75) is 24.5 Å². The van der Waals surface area contributed by atoms with E-state index in [1.807, 2.05) is 30.3 Å². The number of aliphatic hydroxyl groups excluding tert-OH is 3. The van der Waals surface area contributed by atoms with Crippen molar-refractivity contribution >= 4 is 34.4 Å². The number of anilines is 2. The van der Waals surface area contributed by atoms with E-state index in [4.69, 9.17) is 16.3 Å². The molecule has 0 radical (unpaired) electrons. The van der Waals surface area contributed by atoms with Gasteiger partial charge >= 0.3 is 0 Å². The lowest BCUT2D eigenvalue weighted by atomic mass is 10.1. The number of hydrogen-bond donors (Lipinski definition) is 4. The number of aromatic nitrogens is 4. The fourth-order valence-corrected chi connectivity index (χ4v) is 3.10. The second-order valence-corrected chi connectivity index (χ2v) is 6.24. The Hall–Kier alpha value is -2.30. The van der Waals surface area contributed by atoms with E-state index in [1.165, 1.54) is 10.9 Å². The first-order valence-corrected chi connectivity index (χ1v) is 8.31. The van der Waals surface area contributed by atoms with Gasteiger partial charge in [0.05, 0.1) is 12.9 Å². The average molecular weight is 378 g/mol. The van der Waals surface area contributed by atoms with Crippen molar-refractivity contribution in [2.75, 3.05) is 11.9 Å². The minimum absolute atomic E-state index is 0.138. The second kappa shape index (κ2) is 6.78. The number of fused-ring (bicyclic) bond motifs is 1. The minimum Gasteiger partial charge on any atom is -0.394 e. The van der Waals surface area contributed by atoms with Crippen LogP contribution in [0.2, 0.25) is 5.15 Å². The summed E-state index contributed by atoms with van der Waals surface area (Å²) < 4.78 is 7.00. The van der Waals surface area contributed by atoms with Crippen LogP contribution in [0, 0.1) is 0 Å². The number of imidazole rings is 1. The zero-order chi connectivity index (χ0) is 18.3. The third-order valence-electron chi connectivity index (χ3n) is 4.20. The highest BCUT2D eigenvalue weighted by molar-refractivity contribution is 6.33. The van der Waals surface area contributed by atoms with Crippen LogP contribution in [0.4, 0.5) is 11.6 Å². The van der Waals surface area contributed by atoms with Gasteiger partial charge in [-0.25, -0.2) is 4.98 Å². The summed E-state index contributed by atoms with van der Waals surface area (Å²) in [6.07, 6.45) is -2.92. The molecule has 4 N–H and O–H groups in total. The Morgan fingerprint density at radius 2 is 1.92 bits per heavy atom. The predicted molar refractivity (Wildman–Crippen MR) is 93.1 cm³/mol. The lowest BCUT2D eigenvalue weighted by Gasteiger charge is -2.16. The summed E-state index contributed by atoms with van der Waals surface area (Å²) in [6.45, 7) is -0.419. The molecule has 4 unspecified atom stereocenters. The molecule has 4 atom stereocenters. The molecule has 9 nitrogen and oxygen atoms in total. The summed E-state index contributed by atoms with van der Waals surface area (Å²) in [5, 5.41) is 32.6. The van der Waals surface area contributed by atoms with Gasteiger partial charge in [0, 0.05) is 5.69 Å². The highest BCUT2D eigenvalue weighted by atomic mass is 35.5. The lowest BCUT2D eigenvalue weighted by molar-refractivity contribution is -0.0511. The van der Waals surface area contributed by atoms with Gasteiger partial charge in [-0.05, 0) is 12.1 Å². The molecule has 4 rings (SSSR count). The number of hydrogen-bond acceptors (Lipinski definition) is 8. The first-order chi connectivity index (χ1) is 12.6. The summed E-state index contributed by atoms with van der Waals surface area (Å²) in [6, 6.07) is 9.33. The van der Waals surface area contributed by atoms with E-state index in [1.54, 1.807) is 0 Å². The van der Waals surface area contributed by atoms with Crippen molar-refractivity contribution in [1.82, 2.24) is 19.5 Å². The van der Waals surface area contributed by atoms with Gasteiger partial charge in [-0.15, -0.1) is 0 Å². The van der Waals surface area contributed by atoms with Crippen molar-refractivity contribution in [2.24, 2.45) is 0 Å². The third-order valence-corrected chi connectivity index (χ3v) is 4.46. The van der Waals surface area contributed by atoms with Crippen LogP contribution < -0.4 is 5.32 Å². The number of ether oxygens (including phenoxy) is 1. The number of nitrogens with zero attached hydrogens (tertiary/aromatic N) is 4. The largest absolute Gasteiger partial charge is 0.394 e. The molecule has 26 heavy (non-hydrogen) atoms. The lowest BCUT2D eigenvalue weighted by Crippen LogP contribution is -2.33. The van der Waals surface area contributed by atoms with Crippen LogP contribution in [-0.4, -0.2) is 59.8 Å². The number of benzene rings is 1. The van der Waals surface area contributed by atoms with Gasteiger partial charge in [0.25, 0.3) is 0 Å². The van der Waals surface area contributed by atoms with Gasteiger partial charge in [-0.1, -0.05) is 29.8 Å². The maximum atomic E-state index is 10.2. The molecule has 2 aromatic heterocycles. The summed E-state index contributed by atoms with van der Waals surface area (Å²) in [5.41, 5.74) is 1.45. The van der Waals surface area contributed by atoms with Crippen LogP contribution in [0.5, 0.6) is 0 Å². The van der Waals surface area contributed by atoms with E-state index in [0.717, 1.165) is 5.69 Å². The Bertz CT molecular complexity index is 922. The second-order valence-electron chi connectivity index (χ2n) is 5.88. The van der Waals surface area contributed by atoms with Crippen molar-refractivity contribution in [3.8, 4) is 0 Å². The Balaban J connectivity index is 1.73. The summed E-state index contributed by atoms with van der Waals surface area (Å²) in [7, 11) is 0. The molecule has 1 aromatic carbocycles. The average Bonchev–Trinajstić information content (AvgIpc) is 3.18. The molecule has 3 heterocycles. The molecule has 136 valence electrons. The number of para-hydroxylation sites is 1. The standard InChI is InChI=1S/C16H16ClN5O4/c17-13-10-14(21-16(20-13)19-8-4-2-1-3-5-8)22(7-18-10)15-12(25)11(24)9(6-23)26-15/h1-5,7,9,11-12,15,23-25H,6H2,(H,19,20,21). The quantitative estimate of drug-likeness (QED) is 0.493. The van der Waals surface area contributed by atoms with Crippen LogP contribution in [0.3, 0.4) is 0 Å². The van der Waals surface area contributed by atoms with E-state index in [0.29, 0.717) is 11.2 Å². The Labute approximate surface area is 152 Å². The number of aliphatic hydroxyl groups is 3. The summed E-state index contributed by atoms with van der Waals surface area (Å²) in [4.78, 5) is 12.7. The van der Waals surface area contributed by atoms with Gasteiger partial charge in [-0.2, -0.15) is 9.97 Å². The fourth-order valence-electron chi connectivity index (χ4n) is 2.88. The minimum atomic E-state index is -1.25. The SMILES string of the molecule is OCC1OC(n2cnc3c(Cl)nc(Nc4ccccc4)nc32)C(O)C1O. The monoisotopic (exact) mass is 377 g/mol. The fraction of sp³-hybridized carbons (Fsp3) is 0.312. The molecule has 0 saturated carbocycles. The highest BCUT2D eigenvalue weighted by Crippen LogP contribution is 2.32. The van der Waals surface area contributed by atoms with Gasteiger partial charge in [0.1, 0.15) is 23.8 Å². The van der Waals surface area contributed by atoms with E-state index < -0.39 is 31.1 Å². The Kier molecular flexibility index (Phi) is 4.47. The van der Waals surface area contributed by atoms with Crippen LogP contribution in [0.15, 0.2) is 36.7 Å². The van der Waals surface area contributed by atoms with E-state index in [2.05, 4.69) is 20.3 Å².